The Morgan fingerprint density at radius 3 is 3.44 bits per heavy atom. The Hall–Kier alpha value is -0.830. The lowest BCUT2D eigenvalue weighted by Crippen LogP contribution is -2.04. The van der Waals surface area contributed by atoms with E-state index in [9.17, 15) is 0 Å². The quantitative estimate of drug-likeness (QED) is 0.538. The van der Waals surface area contributed by atoms with Crippen LogP contribution in [0.25, 0.3) is 0 Å². The summed E-state index contributed by atoms with van der Waals surface area (Å²) >= 11 is 0. The predicted molar refractivity (Wildman–Crippen MR) is 33.8 cm³/mol. The van der Waals surface area contributed by atoms with Crippen molar-refractivity contribution in [2.75, 3.05) is 0 Å². The lowest BCUT2D eigenvalue weighted by atomic mass is 10.2. The third-order valence-corrected chi connectivity index (χ3v) is 1.78. The molecule has 0 radical (unpaired) electrons. The van der Waals surface area contributed by atoms with Crippen molar-refractivity contribution in [3.8, 4) is 0 Å². The first-order valence-electron chi connectivity index (χ1n) is 3.15. The van der Waals surface area contributed by atoms with Crippen molar-refractivity contribution in [2.24, 2.45) is 5.73 Å². The summed E-state index contributed by atoms with van der Waals surface area (Å²) in [7, 11) is 0. The van der Waals surface area contributed by atoms with Gasteiger partial charge in [0.05, 0.1) is 5.69 Å². The highest BCUT2D eigenvalue weighted by Gasteiger charge is 2.17. The lowest BCUT2D eigenvalue weighted by Gasteiger charge is -1.95. The van der Waals surface area contributed by atoms with E-state index >= 15 is 0 Å². The fourth-order valence-corrected chi connectivity index (χ4v) is 1.25. The maximum atomic E-state index is 5.73. The zero-order valence-corrected chi connectivity index (χ0v) is 5.12. The SMILES string of the molecule is N[C@@H]1CCn2nccc21. The van der Waals surface area contributed by atoms with Crippen LogP contribution >= 0.6 is 0 Å². The van der Waals surface area contributed by atoms with Crippen LogP contribution in [-0.4, -0.2) is 9.78 Å². The summed E-state index contributed by atoms with van der Waals surface area (Å²) in [4.78, 5) is 0. The molecular formula is C6H9N3. The minimum atomic E-state index is 0.229. The monoisotopic (exact) mass is 123 g/mol. The van der Waals surface area contributed by atoms with Crippen molar-refractivity contribution in [3.63, 3.8) is 0 Å². The Bertz CT molecular complexity index is 216. The zero-order valence-electron chi connectivity index (χ0n) is 5.12. The largest absolute Gasteiger partial charge is 0.323 e. The molecule has 3 nitrogen and oxygen atoms in total. The van der Waals surface area contributed by atoms with E-state index in [0.717, 1.165) is 13.0 Å². The van der Waals surface area contributed by atoms with E-state index in [4.69, 9.17) is 5.73 Å². The van der Waals surface area contributed by atoms with Gasteiger partial charge in [0.15, 0.2) is 0 Å². The Labute approximate surface area is 53.5 Å². The van der Waals surface area contributed by atoms with Crippen molar-refractivity contribution in [3.05, 3.63) is 18.0 Å². The van der Waals surface area contributed by atoms with Gasteiger partial charge in [0.1, 0.15) is 0 Å². The smallest absolute Gasteiger partial charge is 0.0552 e. The van der Waals surface area contributed by atoms with E-state index in [2.05, 4.69) is 5.10 Å². The molecule has 0 saturated heterocycles. The minimum Gasteiger partial charge on any atom is -0.323 e. The molecule has 2 heterocycles. The van der Waals surface area contributed by atoms with Crippen molar-refractivity contribution in [2.45, 2.75) is 19.0 Å². The molecule has 0 fully saturated rings. The molecular weight excluding hydrogens is 114 g/mol. The van der Waals surface area contributed by atoms with Crippen LogP contribution < -0.4 is 5.73 Å². The lowest BCUT2D eigenvalue weighted by molar-refractivity contribution is 0.637. The second kappa shape index (κ2) is 1.57. The van der Waals surface area contributed by atoms with Crippen molar-refractivity contribution in [1.82, 2.24) is 9.78 Å². The number of hydrogen-bond acceptors (Lipinski definition) is 2. The highest BCUT2D eigenvalue weighted by Crippen LogP contribution is 2.20. The number of fused-ring (bicyclic) bond motifs is 1. The summed E-state index contributed by atoms with van der Waals surface area (Å²) in [6.07, 6.45) is 2.84. The van der Waals surface area contributed by atoms with Gasteiger partial charge in [-0.1, -0.05) is 0 Å². The average Bonchev–Trinajstić information content (AvgIpc) is 2.35. The molecule has 1 aromatic heterocycles. The molecule has 2 N–H and O–H groups in total. The molecule has 0 saturated carbocycles. The van der Waals surface area contributed by atoms with Gasteiger partial charge in [-0.3, -0.25) is 4.68 Å². The van der Waals surface area contributed by atoms with Gasteiger partial charge in [0.2, 0.25) is 0 Å². The van der Waals surface area contributed by atoms with Crippen molar-refractivity contribution >= 4 is 0 Å². The van der Waals surface area contributed by atoms with E-state index in [-0.39, 0.29) is 6.04 Å². The Balaban J connectivity index is 2.49. The first kappa shape index (κ1) is 4.99. The fraction of sp³-hybridized carbons (Fsp3) is 0.500. The van der Waals surface area contributed by atoms with Gasteiger partial charge in [-0.25, -0.2) is 0 Å². The number of rotatable bonds is 0. The van der Waals surface area contributed by atoms with Gasteiger partial charge >= 0.3 is 0 Å². The van der Waals surface area contributed by atoms with Crippen LogP contribution in [0.5, 0.6) is 0 Å². The zero-order chi connectivity index (χ0) is 6.27. The van der Waals surface area contributed by atoms with Crippen LogP contribution in [0.2, 0.25) is 0 Å². The highest BCUT2D eigenvalue weighted by atomic mass is 15.3. The fourth-order valence-electron chi connectivity index (χ4n) is 1.25. The highest BCUT2D eigenvalue weighted by molar-refractivity contribution is 5.09. The van der Waals surface area contributed by atoms with Crippen LogP contribution in [-0.2, 0) is 6.54 Å². The molecule has 1 aliphatic heterocycles. The van der Waals surface area contributed by atoms with E-state index in [0.29, 0.717) is 0 Å². The van der Waals surface area contributed by atoms with Crippen molar-refractivity contribution < 1.29 is 0 Å². The summed E-state index contributed by atoms with van der Waals surface area (Å²) in [6.45, 7) is 0.990. The van der Waals surface area contributed by atoms with Gasteiger partial charge in [0.25, 0.3) is 0 Å². The molecule has 0 bridgehead atoms. The molecule has 3 heteroatoms. The summed E-state index contributed by atoms with van der Waals surface area (Å²) in [5.41, 5.74) is 6.91. The van der Waals surface area contributed by atoms with E-state index < -0.39 is 0 Å². The first-order valence-corrected chi connectivity index (χ1v) is 3.15. The summed E-state index contributed by atoms with van der Waals surface area (Å²) in [5, 5.41) is 4.08. The Morgan fingerprint density at radius 1 is 1.78 bits per heavy atom. The molecule has 0 aliphatic carbocycles. The molecule has 48 valence electrons. The summed E-state index contributed by atoms with van der Waals surface area (Å²) in [5.74, 6) is 0. The van der Waals surface area contributed by atoms with Crippen LogP contribution in [0.1, 0.15) is 18.2 Å². The third kappa shape index (κ3) is 0.580. The Morgan fingerprint density at radius 2 is 2.67 bits per heavy atom. The molecule has 1 aliphatic rings. The predicted octanol–water partition coefficient (Wildman–Crippen LogP) is 0.287. The van der Waals surface area contributed by atoms with E-state index in [1.165, 1.54) is 5.69 Å². The topological polar surface area (TPSA) is 43.8 Å². The maximum Gasteiger partial charge on any atom is 0.0552 e. The molecule has 0 amide bonds. The normalized spacial score (nSPS) is 24.3. The van der Waals surface area contributed by atoms with E-state index in [1.54, 1.807) is 6.20 Å². The maximum absolute atomic E-state index is 5.73. The van der Waals surface area contributed by atoms with Crippen LogP contribution in [0.4, 0.5) is 0 Å². The van der Waals surface area contributed by atoms with Gasteiger partial charge in [-0.15, -0.1) is 0 Å². The van der Waals surface area contributed by atoms with Gasteiger partial charge in [-0.2, -0.15) is 5.10 Å². The molecule has 0 unspecified atom stereocenters. The molecule has 0 spiro atoms. The molecule has 1 atom stereocenters. The minimum absolute atomic E-state index is 0.229. The molecule has 1 aromatic rings. The van der Waals surface area contributed by atoms with Crippen LogP contribution in [0.3, 0.4) is 0 Å². The number of nitrogens with zero attached hydrogens (tertiary/aromatic N) is 2. The van der Waals surface area contributed by atoms with Crippen LogP contribution in [0, 0.1) is 0 Å². The number of aromatic nitrogens is 2. The number of hydrogen-bond donors (Lipinski definition) is 1. The molecule has 0 aromatic carbocycles. The van der Waals surface area contributed by atoms with Crippen molar-refractivity contribution in [1.29, 1.82) is 0 Å². The summed E-state index contributed by atoms with van der Waals surface area (Å²) < 4.78 is 1.96. The Kier molecular flexibility index (Phi) is 0.873. The second-order valence-electron chi connectivity index (χ2n) is 2.37. The first-order chi connectivity index (χ1) is 4.38. The summed E-state index contributed by atoms with van der Waals surface area (Å²) in [6, 6.07) is 2.21. The number of aryl methyl sites for hydroxylation is 1. The average molecular weight is 123 g/mol. The number of nitrogens with two attached hydrogens (primary N) is 1. The standard InChI is InChI=1S/C6H9N3/c7-5-2-4-9-6(5)1-3-8-9/h1,3,5H,2,4,7H2/t5-/m1/s1. The molecule has 2 rings (SSSR count). The van der Waals surface area contributed by atoms with Gasteiger partial charge in [0, 0.05) is 18.8 Å². The van der Waals surface area contributed by atoms with Crippen LogP contribution in [0.15, 0.2) is 12.3 Å². The second-order valence-corrected chi connectivity index (χ2v) is 2.37. The molecule has 9 heavy (non-hydrogen) atoms. The third-order valence-electron chi connectivity index (χ3n) is 1.78. The van der Waals surface area contributed by atoms with Gasteiger partial charge in [-0.05, 0) is 12.5 Å². The van der Waals surface area contributed by atoms with E-state index in [1.807, 2.05) is 10.7 Å². The van der Waals surface area contributed by atoms with Gasteiger partial charge < -0.3 is 5.73 Å².